The van der Waals surface area contributed by atoms with Crippen LogP contribution in [0.15, 0.2) is 24.3 Å². The quantitative estimate of drug-likeness (QED) is 0.727. The number of nitrogens with one attached hydrogen (secondary N) is 2. The van der Waals surface area contributed by atoms with Gasteiger partial charge in [0, 0.05) is 25.3 Å². The van der Waals surface area contributed by atoms with E-state index in [1.54, 1.807) is 23.9 Å². The second-order valence-electron chi connectivity index (χ2n) is 6.25. The summed E-state index contributed by atoms with van der Waals surface area (Å²) in [5, 5.41) is 5.43. The molecule has 25 heavy (non-hydrogen) atoms. The normalized spacial score (nSPS) is 17.2. The number of carbonyl (C=O) groups is 2. The van der Waals surface area contributed by atoms with Crippen LogP contribution in [0.1, 0.15) is 26.2 Å². The van der Waals surface area contributed by atoms with E-state index in [4.69, 9.17) is 0 Å². The van der Waals surface area contributed by atoms with Crippen molar-refractivity contribution in [3.63, 3.8) is 0 Å². The van der Waals surface area contributed by atoms with Crippen molar-refractivity contribution in [3.8, 4) is 0 Å². The minimum Gasteiger partial charge on any atom is -0.342 e. The number of amides is 3. The standard InChI is InChI=1S/C18H26FN3O2S/c1-2-9-25-13-17(23)22-8-4-5-14(12-22)11-20-18(24)21-16-7-3-6-15(19)10-16/h3,6-7,10,14H,2,4-5,8-9,11-13H2,1H3,(H2,20,21,24). The highest BCUT2D eigenvalue weighted by Gasteiger charge is 2.23. The summed E-state index contributed by atoms with van der Waals surface area (Å²) >= 11 is 1.68. The lowest BCUT2D eigenvalue weighted by Gasteiger charge is -2.33. The molecule has 5 nitrogen and oxygen atoms in total. The molecule has 1 aliphatic heterocycles. The fourth-order valence-electron chi connectivity index (χ4n) is 2.83. The van der Waals surface area contributed by atoms with Gasteiger partial charge < -0.3 is 15.5 Å². The zero-order valence-corrected chi connectivity index (χ0v) is 15.4. The van der Waals surface area contributed by atoms with Crippen LogP contribution in [0.3, 0.4) is 0 Å². The Labute approximate surface area is 152 Å². The van der Waals surface area contributed by atoms with Crippen LogP contribution in [0, 0.1) is 11.7 Å². The van der Waals surface area contributed by atoms with E-state index in [1.807, 2.05) is 4.90 Å². The van der Waals surface area contributed by atoms with Gasteiger partial charge in [-0.2, -0.15) is 11.8 Å². The number of likely N-dealkylation sites (tertiary alicyclic amines) is 1. The van der Waals surface area contributed by atoms with Crippen LogP contribution in [-0.4, -0.2) is 48.0 Å². The zero-order chi connectivity index (χ0) is 18.1. The van der Waals surface area contributed by atoms with E-state index in [2.05, 4.69) is 17.6 Å². The number of rotatable bonds is 7. The van der Waals surface area contributed by atoms with Crippen LogP contribution in [0.4, 0.5) is 14.9 Å². The van der Waals surface area contributed by atoms with Gasteiger partial charge in [-0.1, -0.05) is 13.0 Å². The maximum atomic E-state index is 13.1. The summed E-state index contributed by atoms with van der Waals surface area (Å²) < 4.78 is 13.1. The largest absolute Gasteiger partial charge is 0.342 e. The summed E-state index contributed by atoms with van der Waals surface area (Å²) in [6.45, 7) is 4.10. The molecule has 1 aromatic rings. The Hall–Kier alpha value is -1.76. The molecule has 0 aliphatic carbocycles. The first-order valence-electron chi connectivity index (χ1n) is 8.74. The Bertz CT molecular complexity index is 585. The molecule has 0 aromatic heterocycles. The second-order valence-corrected chi connectivity index (χ2v) is 7.35. The lowest BCUT2D eigenvalue weighted by Crippen LogP contribution is -2.45. The molecule has 1 unspecified atom stereocenters. The van der Waals surface area contributed by atoms with Crippen LogP contribution in [0.5, 0.6) is 0 Å². The summed E-state index contributed by atoms with van der Waals surface area (Å²) in [6, 6.07) is 5.43. The van der Waals surface area contributed by atoms with E-state index in [0.717, 1.165) is 31.6 Å². The van der Waals surface area contributed by atoms with Gasteiger partial charge in [0.05, 0.1) is 5.75 Å². The highest BCUT2D eigenvalue weighted by Crippen LogP contribution is 2.17. The number of anilines is 1. The predicted octanol–water partition coefficient (Wildman–Crippen LogP) is 3.33. The molecule has 1 atom stereocenters. The number of benzene rings is 1. The third kappa shape index (κ3) is 6.94. The third-order valence-electron chi connectivity index (χ3n) is 4.08. The van der Waals surface area contributed by atoms with Gasteiger partial charge in [-0.25, -0.2) is 9.18 Å². The third-order valence-corrected chi connectivity index (χ3v) is 5.23. The van der Waals surface area contributed by atoms with Crippen molar-refractivity contribution in [1.29, 1.82) is 0 Å². The molecule has 138 valence electrons. The topological polar surface area (TPSA) is 61.4 Å². The molecule has 0 saturated carbocycles. The molecular weight excluding hydrogens is 341 g/mol. The van der Waals surface area contributed by atoms with Crippen LogP contribution in [0.2, 0.25) is 0 Å². The molecule has 7 heteroatoms. The lowest BCUT2D eigenvalue weighted by atomic mass is 9.98. The number of nitrogens with zero attached hydrogens (tertiary/aromatic N) is 1. The number of hydrogen-bond donors (Lipinski definition) is 2. The fraction of sp³-hybridized carbons (Fsp3) is 0.556. The van der Waals surface area contributed by atoms with Gasteiger partial charge in [0.2, 0.25) is 5.91 Å². The molecule has 2 N–H and O–H groups in total. The Morgan fingerprint density at radius 1 is 1.40 bits per heavy atom. The molecule has 1 heterocycles. The number of piperidine rings is 1. The van der Waals surface area contributed by atoms with Crippen LogP contribution in [0.25, 0.3) is 0 Å². The summed E-state index contributed by atoms with van der Waals surface area (Å²) in [5.41, 5.74) is 0.422. The van der Waals surface area contributed by atoms with Gasteiger partial charge >= 0.3 is 6.03 Å². The van der Waals surface area contributed by atoms with E-state index < -0.39 is 0 Å². The number of hydrogen-bond acceptors (Lipinski definition) is 3. The van der Waals surface area contributed by atoms with E-state index in [9.17, 15) is 14.0 Å². The molecule has 1 saturated heterocycles. The Kier molecular flexibility index (Phi) is 8.04. The predicted molar refractivity (Wildman–Crippen MR) is 100 cm³/mol. The van der Waals surface area contributed by atoms with E-state index in [1.165, 1.54) is 12.1 Å². The molecule has 0 spiro atoms. The monoisotopic (exact) mass is 367 g/mol. The lowest BCUT2D eigenvalue weighted by molar-refractivity contribution is -0.130. The highest BCUT2D eigenvalue weighted by atomic mass is 32.2. The first kappa shape index (κ1) is 19.6. The molecule has 2 rings (SSSR count). The van der Waals surface area contributed by atoms with Crippen molar-refractivity contribution in [2.24, 2.45) is 5.92 Å². The minimum atomic E-state index is -0.389. The molecule has 1 fully saturated rings. The van der Waals surface area contributed by atoms with Gasteiger partial charge in [-0.05, 0) is 49.1 Å². The fourth-order valence-corrected chi connectivity index (χ4v) is 3.62. The maximum absolute atomic E-state index is 13.1. The van der Waals surface area contributed by atoms with Gasteiger partial charge in [0.25, 0.3) is 0 Å². The number of halogens is 1. The summed E-state index contributed by atoms with van der Waals surface area (Å²) in [7, 11) is 0. The second kappa shape index (κ2) is 10.3. The number of carbonyl (C=O) groups excluding carboxylic acids is 2. The molecule has 1 aromatic carbocycles. The van der Waals surface area contributed by atoms with Crippen LogP contribution in [-0.2, 0) is 4.79 Å². The highest BCUT2D eigenvalue weighted by molar-refractivity contribution is 7.99. The first-order valence-corrected chi connectivity index (χ1v) is 9.90. The average molecular weight is 367 g/mol. The first-order chi connectivity index (χ1) is 12.1. The minimum absolute atomic E-state index is 0.187. The Balaban J connectivity index is 1.72. The Morgan fingerprint density at radius 3 is 3.00 bits per heavy atom. The summed E-state index contributed by atoms with van der Waals surface area (Å²) in [6.07, 6.45) is 3.03. The van der Waals surface area contributed by atoms with Crippen LogP contribution >= 0.6 is 11.8 Å². The van der Waals surface area contributed by atoms with Crippen molar-refractivity contribution in [2.75, 3.05) is 36.5 Å². The molecule has 0 bridgehead atoms. The van der Waals surface area contributed by atoms with E-state index in [0.29, 0.717) is 24.5 Å². The maximum Gasteiger partial charge on any atom is 0.319 e. The van der Waals surface area contributed by atoms with Crippen LogP contribution < -0.4 is 10.6 Å². The van der Waals surface area contributed by atoms with Crippen molar-refractivity contribution in [3.05, 3.63) is 30.1 Å². The van der Waals surface area contributed by atoms with Crippen molar-refractivity contribution >= 4 is 29.4 Å². The van der Waals surface area contributed by atoms with Gasteiger partial charge in [0.1, 0.15) is 5.82 Å². The smallest absolute Gasteiger partial charge is 0.319 e. The Morgan fingerprint density at radius 2 is 2.24 bits per heavy atom. The SMILES string of the molecule is CCCSCC(=O)N1CCCC(CNC(=O)Nc2cccc(F)c2)C1. The van der Waals surface area contributed by atoms with Crippen molar-refractivity contribution < 1.29 is 14.0 Å². The summed E-state index contributed by atoms with van der Waals surface area (Å²) in [4.78, 5) is 26.0. The molecule has 3 amide bonds. The molecule has 0 radical (unpaired) electrons. The van der Waals surface area contributed by atoms with E-state index in [-0.39, 0.29) is 23.7 Å². The van der Waals surface area contributed by atoms with Crippen molar-refractivity contribution in [1.82, 2.24) is 10.2 Å². The van der Waals surface area contributed by atoms with Gasteiger partial charge in [-0.3, -0.25) is 4.79 Å². The summed E-state index contributed by atoms with van der Waals surface area (Å²) in [5.74, 6) is 1.60. The van der Waals surface area contributed by atoms with Gasteiger partial charge in [0.15, 0.2) is 0 Å². The average Bonchev–Trinajstić information content (AvgIpc) is 2.60. The molecular formula is C18H26FN3O2S. The number of thioether (sulfide) groups is 1. The van der Waals surface area contributed by atoms with E-state index >= 15 is 0 Å². The van der Waals surface area contributed by atoms with Crippen molar-refractivity contribution in [2.45, 2.75) is 26.2 Å². The van der Waals surface area contributed by atoms with Gasteiger partial charge in [-0.15, -0.1) is 0 Å². The molecule has 1 aliphatic rings. The zero-order valence-electron chi connectivity index (χ0n) is 14.6. The number of urea groups is 1.